The van der Waals surface area contributed by atoms with Crippen LogP contribution in [-0.2, 0) is 4.74 Å². The van der Waals surface area contributed by atoms with Crippen LogP contribution in [0.25, 0.3) is 5.76 Å². The van der Waals surface area contributed by atoms with E-state index in [0.29, 0.717) is 11.8 Å². The molecule has 2 radical (unpaired) electrons. The van der Waals surface area contributed by atoms with Crippen molar-refractivity contribution < 1.29 is 4.74 Å². The number of ether oxygens (including phenoxy) is 1. The second kappa shape index (κ2) is 4.54. The zero-order chi connectivity index (χ0) is 13.7. The van der Waals surface area contributed by atoms with Gasteiger partial charge in [0.2, 0.25) is 0 Å². The van der Waals surface area contributed by atoms with Crippen molar-refractivity contribution in [3.05, 3.63) is 47.1 Å². The number of hydrogen-bond donors (Lipinski definition) is 0. The van der Waals surface area contributed by atoms with Crippen LogP contribution in [0.2, 0.25) is 0 Å². The topological polar surface area (TPSA) is 9.23 Å². The Morgan fingerprint density at radius 1 is 1.25 bits per heavy atom. The lowest BCUT2D eigenvalue weighted by Gasteiger charge is -2.47. The zero-order valence-electron chi connectivity index (χ0n) is 11.9. The molecular formula is C18H19BO. The maximum absolute atomic E-state index is 5.94. The summed E-state index contributed by atoms with van der Waals surface area (Å²) in [5.41, 5.74) is 5.15. The molecule has 4 bridgehead atoms. The lowest BCUT2D eigenvalue weighted by atomic mass is 9.58. The summed E-state index contributed by atoms with van der Waals surface area (Å²) in [7, 11) is 7.73. The highest BCUT2D eigenvalue weighted by molar-refractivity contribution is 6.32. The third kappa shape index (κ3) is 1.85. The molecule has 5 rings (SSSR count). The first kappa shape index (κ1) is 12.3. The summed E-state index contributed by atoms with van der Waals surface area (Å²) in [6.07, 6.45) is 7.76. The fraction of sp³-hybridized carbons (Fsp3) is 0.444. The molecule has 0 spiro atoms. The van der Waals surface area contributed by atoms with E-state index in [0.717, 1.165) is 22.7 Å². The molecule has 3 atom stereocenters. The smallest absolute Gasteiger partial charge is 0.126 e. The maximum atomic E-state index is 5.94. The molecule has 1 nitrogen and oxygen atoms in total. The summed E-state index contributed by atoms with van der Waals surface area (Å²) >= 11 is 0. The van der Waals surface area contributed by atoms with E-state index in [9.17, 15) is 0 Å². The maximum Gasteiger partial charge on any atom is 0.126 e. The molecule has 2 saturated carbocycles. The Hall–Kier alpha value is -1.44. The van der Waals surface area contributed by atoms with Crippen LogP contribution in [0.3, 0.4) is 0 Å². The molecule has 0 aromatic heterocycles. The Labute approximate surface area is 122 Å². The van der Waals surface area contributed by atoms with Crippen LogP contribution in [0.4, 0.5) is 0 Å². The van der Waals surface area contributed by atoms with Crippen molar-refractivity contribution in [1.82, 2.24) is 0 Å². The third-order valence-corrected chi connectivity index (χ3v) is 5.16. The Kier molecular flexibility index (Phi) is 2.80. The van der Waals surface area contributed by atoms with E-state index in [2.05, 4.69) is 12.1 Å². The summed E-state index contributed by atoms with van der Waals surface area (Å²) in [6, 6.07) is 8.09. The SMILES string of the molecule is [B]c1cccc(/C(OC)=C2/C3C=C4CC(C3)CC2C4)c1. The van der Waals surface area contributed by atoms with E-state index >= 15 is 0 Å². The van der Waals surface area contributed by atoms with Gasteiger partial charge in [0, 0.05) is 11.5 Å². The molecule has 4 aliphatic carbocycles. The van der Waals surface area contributed by atoms with E-state index in [-0.39, 0.29) is 0 Å². The third-order valence-electron chi connectivity index (χ3n) is 5.16. The van der Waals surface area contributed by atoms with Crippen LogP contribution in [0.5, 0.6) is 0 Å². The number of benzene rings is 1. The minimum absolute atomic E-state index is 0.604. The van der Waals surface area contributed by atoms with E-state index in [1.807, 2.05) is 18.2 Å². The Morgan fingerprint density at radius 3 is 2.85 bits per heavy atom. The Morgan fingerprint density at radius 2 is 2.15 bits per heavy atom. The predicted octanol–water partition coefficient (Wildman–Crippen LogP) is 3.21. The fourth-order valence-electron chi connectivity index (χ4n) is 4.56. The highest BCUT2D eigenvalue weighted by Crippen LogP contribution is 2.54. The number of methoxy groups -OCH3 is 1. The second-order valence-corrected chi connectivity index (χ2v) is 6.49. The predicted molar refractivity (Wildman–Crippen MR) is 82.8 cm³/mol. The van der Waals surface area contributed by atoms with E-state index < -0.39 is 0 Å². The van der Waals surface area contributed by atoms with Crippen molar-refractivity contribution in [3.63, 3.8) is 0 Å². The van der Waals surface area contributed by atoms with Crippen molar-refractivity contribution in [3.8, 4) is 0 Å². The van der Waals surface area contributed by atoms with Gasteiger partial charge in [-0.15, -0.1) is 0 Å². The van der Waals surface area contributed by atoms with Gasteiger partial charge in [-0.1, -0.05) is 41.4 Å². The molecule has 0 N–H and O–H groups in total. The van der Waals surface area contributed by atoms with Crippen LogP contribution in [0.15, 0.2) is 41.5 Å². The van der Waals surface area contributed by atoms with Gasteiger partial charge in [0.25, 0.3) is 0 Å². The number of allylic oxidation sites excluding steroid dienone is 3. The standard InChI is InChI=1S/C18H19BO/c1-20-18(13-3-2-4-16(19)10-13)17-14-6-11-5-12(8-14)9-15(17)7-11/h2-4,6,10,12,14-15H,5,7-9H2,1H3/b18-17+. The zero-order valence-corrected chi connectivity index (χ0v) is 11.9. The minimum atomic E-state index is 0.604. The summed E-state index contributed by atoms with van der Waals surface area (Å²) in [4.78, 5) is 0. The Bertz CT molecular complexity index is 614. The van der Waals surface area contributed by atoms with Gasteiger partial charge in [-0.2, -0.15) is 0 Å². The van der Waals surface area contributed by atoms with E-state index in [4.69, 9.17) is 12.6 Å². The molecule has 100 valence electrons. The highest BCUT2D eigenvalue weighted by Gasteiger charge is 2.42. The molecule has 3 unspecified atom stereocenters. The van der Waals surface area contributed by atoms with Crippen molar-refractivity contribution >= 4 is 19.1 Å². The van der Waals surface area contributed by atoms with Crippen LogP contribution >= 0.6 is 0 Å². The Balaban J connectivity index is 1.84. The van der Waals surface area contributed by atoms with Crippen LogP contribution in [0, 0.1) is 17.8 Å². The van der Waals surface area contributed by atoms with Gasteiger partial charge in [-0.25, -0.2) is 0 Å². The summed E-state index contributed by atoms with van der Waals surface area (Å²) in [6.45, 7) is 0. The summed E-state index contributed by atoms with van der Waals surface area (Å²) in [5, 5.41) is 0. The van der Waals surface area contributed by atoms with Crippen molar-refractivity contribution in [1.29, 1.82) is 0 Å². The first-order chi connectivity index (χ1) is 9.74. The van der Waals surface area contributed by atoms with Crippen molar-refractivity contribution in [2.24, 2.45) is 17.8 Å². The summed E-state index contributed by atoms with van der Waals surface area (Å²) in [5.74, 6) is 3.29. The van der Waals surface area contributed by atoms with Crippen molar-refractivity contribution in [2.75, 3.05) is 7.11 Å². The van der Waals surface area contributed by atoms with Gasteiger partial charge in [-0.05, 0) is 43.1 Å². The molecule has 2 heteroatoms. The number of rotatable bonds is 2. The largest absolute Gasteiger partial charge is 0.496 e. The van der Waals surface area contributed by atoms with Gasteiger partial charge >= 0.3 is 0 Å². The van der Waals surface area contributed by atoms with Gasteiger partial charge in [-0.3, -0.25) is 0 Å². The highest BCUT2D eigenvalue weighted by atomic mass is 16.5. The molecule has 1 aromatic carbocycles. The number of hydrogen-bond acceptors (Lipinski definition) is 1. The fourth-order valence-corrected chi connectivity index (χ4v) is 4.56. The van der Waals surface area contributed by atoms with Crippen LogP contribution in [-0.4, -0.2) is 15.0 Å². The first-order valence-corrected chi connectivity index (χ1v) is 7.58. The molecule has 0 amide bonds. The average molecular weight is 262 g/mol. The molecule has 20 heavy (non-hydrogen) atoms. The normalized spacial score (nSPS) is 33.0. The van der Waals surface area contributed by atoms with Gasteiger partial charge in [0.1, 0.15) is 13.6 Å². The van der Waals surface area contributed by atoms with Crippen molar-refractivity contribution in [2.45, 2.75) is 25.7 Å². The molecule has 4 aliphatic rings. The molecule has 2 fully saturated rings. The van der Waals surface area contributed by atoms with E-state index in [1.54, 1.807) is 12.7 Å². The van der Waals surface area contributed by atoms with Crippen LogP contribution in [0.1, 0.15) is 31.2 Å². The average Bonchev–Trinajstić information content (AvgIpc) is 2.42. The first-order valence-electron chi connectivity index (χ1n) is 7.58. The minimum Gasteiger partial charge on any atom is -0.496 e. The van der Waals surface area contributed by atoms with Crippen LogP contribution < -0.4 is 5.46 Å². The molecule has 0 heterocycles. The van der Waals surface area contributed by atoms with Gasteiger partial charge < -0.3 is 4.74 Å². The lowest BCUT2D eigenvalue weighted by Crippen LogP contribution is -2.35. The summed E-state index contributed by atoms with van der Waals surface area (Å²) < 4.78 is 5.81. The molecule has 0 aliphatic heterocycles. The molecular weight excluding hydrogens is 243 g/mol. The quantitative estimate of drug-likeness (QED) is 0.452. The van der Waals surface area contributed by atoms with E-state index in [1.165, 1.54) is 31.3 Å². The second-order valence-electron chi connectivity index (χ2n) is 6.49. The lowest BCUT2D eigenvalue weighted by molar-refractivity contribution is 0.224. The van der Waals surface area contributed by atoms with Gasteiger partial charge in [0.15, 0.2) is 0 Å². The van der Waals surface area contributed by atoms with Gasteiger partial charge in [0.05, 0.1) is 7.11 Å². The molecule has 0 saturated heterocycles. The monoisotopic (exact) mass is 262 g/mol. The molecule has 1 aromatic rings.